The molecule has 0 aromatic carbocycles. The van der Waals surface area contributed by atoms with Crippen LogP contribution in [0, 0.1) is 0 Å². The molecule has 2 heteroatoms. The van der Waals surface area contributed by atoms with Crippen LogP contribution < -0.4 is 0 Å². The lowest BCUT2D eigenvalue weighted by Crippen LogP contribution is -1.99. The molecule has 0 fully saturated rings. The highest BCUT2D eigenvalue weighted by Gasteiger charge is 2.21. The average Bonchev–Trinajstić information content (AvgIpc) is 3.32. The van der Waals surface area contributed by atoms with E-state index in [0.717, 1.165) is 42.3 Å². The molecule has 2 heterocycles. The quantitative estimate of drug-likeness (QED) is 0.319. The summed E-state index contributed by atoms with van der Waals surface area (Å²) in [6.07, 6.45) is 15.3. The van der Waals surface area contributed by atoms with Gasteiger partial charge in [-0.05, 0) is 30.7 Å². The summed E-state index contributed by atoms with van der Waals surface area (Å²) >= 11 is 0. The molecule has 2 nitrogen and oxygen atoms in total. The molecule has 0 N–H and O–H groups in total. The van der Waals surface area contributed by atoms with Crippen molar-refractivity contribution in [2.75, 3.05) is 0 Å². The van der Waals surface area contributed by atoms with E-state index in [-0.39, 0.29) is 5.92 Å². The van der Waals surface area contributed by atoms with E-state index in [1.807, 2.05) is 0 Å². The normalized spacial score (nSPS) is 11.5. The molecule has 26 heavy (non-hydrogen) atoms. The molecule has 2 aromatic rings. The van der Waals surface area contributed by atoms with Crippen LogP contribution in [0.4, 0.5) is 0 Å². The van der Waals surface area contributed by atoms with Gasteiger partial charge in [0.1, 0.15) is 23.0 Å². The van der Waals surface area contributed by atoms with Gasteiger partial charge in [0.2, 0.25) is 0 Å². The maximum absolute atomic E-state index is 6.07. The molecule has 0 radical (unpaired) electrons. The van der Waals surface area contributed by atoms with Gasteiger partial charge in [-0.15, -0.1) is 0 Å². The largest absolute Gasteiger partial charge is 0.465 e. The van der Waals surface area contributed by atoms with E-state index in [9.17, 15) is 0 Å². The Kier molecular flexibility index (Phi) is 9.66. The predicted molar refractivity (Wildman–Crippen MR) is 110 cm³/mol. The van der Waals surface area contributed by atoms with Crippen LogP contribution in [-0.4, -0.2) is 0 Å². The van der Waals surface area contributed by atoms with Gasteiger partial charge in [0.15, 0.2) is 0 Å². The zero-order valence-corrected chi connectivity index (χ0v) is 17.2. The van der Waals surface area contributed by atoms with Crippen LogP contribution >= 0.6 is 0 Å². The lowest BCUT2D eigenvalue weighted by molar-refractivity contribution is 0.382. The Balaban J connectivity index is 1.81. The topological polar surface area (TPSA) is 26.3 Å². The van der Waals surface area contributed by atoms with Crippen LogP contribution in [0.3, 0.4) is 0 Å². The third-order valence-electron chi connectivity index (χ3n) is 5.35. The highest BCUT2D eigenvalue weighted by Crippen LogP contribution is 2.33. The van der Waals surface area contributed by atoms with Crippen molar-refractivity contribution in [2.24, 2.45) is 0 Å². The van der Waals surface area contributed by atoms with Crippen LogP contribution in [-0.2, 0) is 12.8 Å². The molecule has 2 aromatic heterocycles. The maximum Gasteiger partial charge on any atom is 0.114 e. The molecule has 0 unspecified atom stereocenters. The van der Waals surface area contributed by atoms with E-state index < -0.39 is 0 Å². The zero-order chi connectivity index (χ0) is 18.6. The first kappa shape index (κ1) is 20.9. The molecule has 0 amide bonds. The van der Waals surface area contributed by atoms with Crippen molar-refractivity contribution in [2.45, 2.75) is 104 Å². The van der Waals surface area contributed by atoms with Gasteiger partial charge in [0.05, 0.1) is 5.92 Å². The minimum atomic E-state index is 0.264. The van der Waals surface area contributed by atoms with E-state index >= 15 is 0 Å². The Labute approximate surface area is 160 Å². The average molecular weight is 359 g/mol. The fourth-order valence-electron chi connectivity index (χ4n) is 3.63. The Morgan fingerprint density at radius 1 is 0.615 bits per heavy atom. The molecule has 2 rings (SSSR count). The first-order chi connectivity index (χ1) is 12.8. The summed E-state index contributed by atoms with van der Waals surface area (Å²) in [7, 11) is 0. The van der Waals surface area contributed by atoms with Gasteiger partial charge in [-0.1, -0.05) is 78.6 Å². The smallest absolute Gasteiger partial charge is 0.114 e. The van der Waals surface area contributed by atoms with Crippen molar-refractivity contribution in [1.29, 1.82) is 0 Å². The van der Waals surface area contributed by atoms with Crippen molar-refractivity contribution in [1.82, 2.24) is 0 Å². The molecular weight excluding hydrogens is 320 g/mol. The lowest BCUT2D eigenvalue weighted by Gasteiger charge is -2.12. The summed E-state index contributed by atoms with van der Waals surface area (Å²) < 4.78 is 12.1. The summed E-state index contributed by atoms with van der Waals surface area (Å²) in [5, 5.41) is 0. The zero-order valence-electron chi connectivity index (χ0n) is 17.2. The third kappa shape index (κ3) is 6.70. The minimum Gasteiger partial charge on any atom is -0.465 e. The number of hydrogen-bond donors (Lipinski definition) is 0. The molecule has 0 atom stereocenters. The van der Waals surface area contributed by atoms with Crippen molar-refractivity contribution < 1.29 is 8.83 Å². The lowest BCUT2D eigenvalue weighted by atomic mass is 9.95. The molecule has 146 valence electrons. The Hall–Kier alpha value is -1.44. The van der Waals surface area contributed by atoms with Gasteiger partial charge in [-0.25, -0.2) is 0 Å². The first-order valence-electron chi connectivity index (χ1n) is 11.0. The number of rotatable bonds is 14. The van der Waals surface area contributed by atoms with E-state index in [4.69, 9.17) is 8.83 Å². The molecule has 0 aliphatic carbocycles. The van der Waals surface area contributed by atoms with Crippen LogP contribution in [0.1, 0.15) is 114 Å². The maximum atomic E-state index is 6.07. The van der Waals surface area contributed by atoms with Gasteiger partial charge >= 0.3 is 0 Å². The second kappa shape index (κ2) is 12.0. The van der Waals surface area contributed by atoms with E-state index in [1.54, 1.807) is 0 Å². The first-order valence-corrected chi connectivity index (χ1v) is 11.0. The van der Waals surface area contributed by atoms with Gasteiger partial charge in [0.25, 0.3) is 0 Å². The highest BCUT2D eigenvalue weighted by molar-refractivity contribution is 5.22. The number of hydrogen-bond acceptors (Lipinski definition) is 2. The van der Waals surface area contributed by atoms with Crippen molar-refractivity contribution in [3.05, 3.63) is 47.3 Å². The fourth-order valence-corrected chi connectivity index (χ4v) is 3.63. The van der Waals surface area contributed by atoms with Gasteiger partial charge in [-0.3, -0.25) is 0 Å². The van der Waals surface area contributed by atoms with Crippen molar-refractivity contribution in [3.8, 4) is 0 Å². The van der Waals surface area contributed by atoms with Crippen LogP contribution in [0.25, 0.3) is 0 Å². The van der Waals surface area contributed by atoms with Gasteiger partial charge in [-0.2, -0.15) is 0 Å². The molecular formula is C24H38O2. The molecule has 0 saturated carbocycles. The van der Waals surface area contributed by atoms with E-state index in [1.165, 1.54) is 57.8 Å². The van der Waals surface area contributed by atoms with Crippen LogP contribution in [0.5, 0.6) is 0 Å². The van der Waals surface area contributed by atoms with Crippen LogP contribution in [0.2, 0.25) is 0 Å². The molecule has 0 spiro atoms. The van der Waals surface area contributed by atoms with Gasteiger partial charge < -0.3 is 8.83 Å². The Morgan fingerprint density at radius 2 is 1.08 bits per heavy atom. The monoisotopic (exact) mass is 358 g/mol. The number of furan rings is 2. The van der Waals surface area contributed by atoms with Gasteiger partial charge in [0, 0.05) is 12.8 Å². The molecule has 0 aliphatic heterocycles. The molecule has 0 bridgehead atoms. The molecule has 0 aliphatic rings. The SMILES string of the molecule is CCCCCCCCCCCC(c1ccc(CC)o1)c1ccc(CC)o1. The minimum absolute atomic E-state index is 0.264. The Morgan fingerprint density at radius 3 is 1.50 bits per heavy atom. The highest BCUT2D eigenvalue weighted by atomic mass is 16.4. The summed E-state index contributed by atoms with van der Waals surface area (Å²) in [6, 6.07) is 8.52. The summed E-state index contributed by atoms with van der Waals surface area (Å²) in [4.78, 5) is 0. The number of aryl methyl sites for hydroxylation is 2. The number of unbranched alkanes of at least 4 members (excludes halogenated alkanes) is 8. The second-order valence-corrected chi connectivity index (χ2v) is 7.48. The van der Waals surface area contributed by atoms with Crippen molar-refractivity contribution in [3.63, 3.8) is 0 Å². The fraction of sp³-hybridized carbons (Fsp3) is 0.667. The predicted octanol–water partition coefficient (Wildman–Crippen LogP) is 8.05. The van der Waals surface area contributed by atoms with Crippen LogP contribution in [0.15, 0.2) is 33.1 Å². The van der Waals surface area contributed by atoms with E-state index in [0.29, 0.717) is 0 Å². The van der Waals surface area contributed by atoms with Crippen molar-refractivity contribution >= 4 is 0 Å². The summed E-state index contributed by atoms with van der Waals surface area (Å²) in [5.41, 5.74) is 0. The standard InChI is InChI=1S/C24H38O2/c1-4-7-8-9-10-11-12-13-14-15-22(23-18-16-20(5-2)25-23)24-19-17-21(6-3)26-24/h16-19,22H,4-15H2,1-3H3. The second-order valence-electron chi connectivity index (χ2n) is 7.48. The summed E-state index contributed by atoms with van der Waals surface area (Å²) in [6.45, 7) is 6.56. The third-order valence-corrected chi connectivity index (χ3v) is 5.35. The summed E-state index contributed by atoms with van der Waals surface area (Å²) in [5.74, 6) is 4.54. The Bertz CT molecular complexity index is 551. The van der Waals surface area contributed by atoms with E-state index in [2.05, 4.69) is 45.0 Å². The molecule has 0 saturated heterocycles.